The average Bonchev–Trinajstić information content (AvgIpc) is 3.50. The highest BCUT2D eigenvalue weighted by molar-refractivity contribution is 5.71. The molecule has 528 valence electrons. The van der Waals surface area contributed by atoms with Crippen LogP contribution in [0.1, 0.15) is 361 Å². The van der Waals surface area contributed by atoms with E-state index in [-0.39, 0.29) is 38.2 Å². The smallest absolute Gasteiger partial charge is 0.361 e. The molecular weight excluding hydrogens is 1130 g/mol. The van der Waals surface area contributed by atoms with Crippen LogP contribution in [0.3, 0.4) is 0 Å². The maximum atomic E-state index is 13.0. The molecular formula is C82H148NO8+. The first-order valence-electron chi connectivity index (χ1n) is 38.8. The Kier molecular flexibility index (Phi) is 69.5. The Bertz CT molecular complexity index is 1770. The van der Waals surface area contributed by atoms with E-state index in [1.54, 1.807) is 0 Å². The largest absolute Gasteiger partial charge is 0.477 e. The number of ether oxygens (including phenoxy) is 4. The quantitative estimate of drug-likeness (QED) is 0.0211. The average molecular weight is 1280 g/mol. The lowest BCUT2D eigenvalue weighted by molar-refractivity contribution is -0.870. The van der Waals surface area contributed by atoms with Gasteiger partial charge in [0, 0.05) is 12.8 Å². The van der Waals surface area contributed by atoms with E-state index in [4.69, 9.17) is 18.9 Å². The molecule has 1 N–H and O–H groups in total. The zero-order valence-electron chi connectivity index (χ0n) is 60.5. The van der Waals surface area contributed by atoms with E-state index in [9.17, 15) is 19.5 Å². The van der Waals surface area contributed by atoms with Gasteiger partial charge in [-0.3, -0.25) is 9.59 Å². The second-order valence-corrected chi connectivity index (χ2v) is 27.3. The van der Waals surface area contributed by atoms with Gasteiger partial charge in [-0.05, 0) is 89.9 Å². The maximum absolute atomic E-state index is 13.0. The lowest BCUT2D eigenvalue weighted by Gasteiger charge is -2.25. The van der Waals surface area contributed by atoms with E-state index in [0.29, 0.717) is 17.4 Å². The predicted octanol–water partition coefficient (Wildman–Crippen LogP) is 24.6. The number of rotatable bonds is 72. The minimum absolute atomic E-state index is 0.179. The lowest BCUT2D eigenvalue weighted by atomic mass is 10.0. The van der Waals surface area contributed by atoms with Gasteiger partial charge in [-0.2, -0.15) is 0 Å². The van der Waals surface area contributed by atoms with Crippen LogP contribution in [-0.4, -0.2) is 87.4 Å². The number of carboxylic acid groups (broad SMARTS) is 1. The number of allylic oxidation sites excluding steroid dienone is 14. The number of carbonyl (C=O) groups is 3. The minimum atomic E-state index is -1.51. The molecule has 0 spiro atoms. The molecule has 0 aliphatic rings. The van der Waals surface area contributed by atoms with Crippen molar-refractivity contribution < 1.29 is 42.9 Å². The molecule has 0 radical (unpaired) electrons. The van der Waals surface area contributed by atoms with Crippen molar-refractivity contribution in [2.75, 3.05) is 47.5 Å². The highest BCUT2D eigenvalue weighted by Crippen LogP contribution is 2.19. The van der Waals surface area contributed by atoms with Crippen LogP contribution in [0.5, 0.6) is 0 Å². The Morgan fingerprint density at radius 1 is 0.341 bits per heavy atom. The second-order valence-electron chi connectivity index (χ2n) is 27.3. The zero-order chi connectivity index (χ0) is 66.1. The molecule has 0 aromatic carbocycles. The van der Waals surface area contributed by atoms with Gasteiger partial charge < -0.3 is 28.5 Å². The molecule has 2 atom stereocenters. The van der Waals surface area contributed by atoms with Crippen molar-refractivity contribution in [2.24, 2.45) is 0 Å². The summed E-state index contributed by atoms with van der Waals surface area (Å²) in [7, 11) is 5.99. The van der Waals surface area contributed by atoms with Crippen LogP contribution in [0, 0.1) is 0 Å². The predicted molar refractivity (Wildman–Crippen MR) is 392 cm³/mol. The summed E-state index contributed by atoms with van der Waals surface area (Å²) < 4.78 is 23.0. The topological polar surface area (TPSA) is 108 Å². The van der Waals surface area contributed by atoms with Gasteiger partial charge in [0.05, 0.1) is 34.4 Å². The first kappa shape index (κ1) is 87.5. The zero-order valence-corrected chi connectivity index (χ0v) is 60.5. The normalized spacial score (nSPS) is 13.1. The van der Waals surface area contributed by atoms with Crippen molar-refractivity contribution in [3.8, 4) is 0 Å². The van der Waals surface area contributed by atoms with E-state index in [0.717, 1.165) is 77.0 Å². The molecule has 0 rings (SSSR count). The van der Waals surface area contributed by atoms with E-state index in [2.05, 4.69) is 98.9 Å². The number of carboxylic acids is 1. The molecule has 9 nitrogen and oxygen atoms in total. The number of hydrogen-bond donors (Lipinski definition) is 1. The third-order valence-electron chi connectivity index (χ3n) is 17.1. The van der Waals surface area contributed by atoms with Gasteiger partial charge in [-0.1, -0.05) is 343 Å². The maximum Gasteiger partial charge on any atom is 0.361 e. The number of esters is 2. The van der Waals surface area contributed by atoms with Crippen molar-refractivity contribution in [2.45, 2.75) is 373 Å². The van der Waals surface area contributed by atoms with E-state index in [1.165, 1.54) is 257 Å². The van der Waals surface area contributed by atoms with Crippen LogP contribution in [0.2, 0.25) is 0 Å². The van der Waals surface area contributed by atoms with Gasteiger partial charge >= 0.3 is 17.9 Å². The summed E-state index contributed by atoms with van der Waals surface area (Å²) in [5.41, 5.74) is 0. The van der Waals surface area contributed by atoms with Crippen LogP contribution in [0.25, 0.3) is 0 Å². The van der Waals surface area contributed by atoms with Gasteiger partial charge in [-0.15, -0.1) is 0 Å². The first-order chi connectivity index (χ1) is 44.6. The highest BCUT2D eigenvalue weighted by atomic mass is 16.7. The number of aliphatic carboxylic acids is 1. The molecule has 0 aromatic heterocycles. The van der Waals surface area contributed by atoms with Crippen LogP contribution in [-0.2, 0) is 33.3 Å². The van der Waals surface area contributed by atoms with E-state index < -0.39 is 18.4 Å². The second kappa shape index (κ2) is 72.3. The van der Waals surface area contributed by atoms with Crippen LogP contribution < -0.4 is 0 Å². The Morgan fingerprint density at radius 2 is 0.626 bits per heavy atom. The standard InChI is InChI=1S/C82H147NO8/c1-6-8-10-12-14-16-18-20-22-24-26-28-30-32-34-36-37-38-39-40-41-42-43-45-47-49-51-53-55-57-59-61-63-65-67-69-71-73-80(85)91-78(77-90-82(81(86)87)88-75-74-83(3,4)5)76-89-79(84)72-70-68-66-64-62-60-58-56-54-52-50-48-46-44-35-33-31-29-27-25-23-21-19-17-15-13-11-9-7-2/h8,10,14,16,19-22,25-28,32,34,78,82H,6-7,9,11-13,15,17-18,23-24,29-31,33,35-77H2,1-5H3/p+1/b10-8-,16-14-,21-19-,22-20-,27-25-,28-26-,34-32-. The summed E-state index contributed by atoms with van der Waals surface area (Å²) in [6.45, 7) is 4.81. The molecule has 0 bridgehead atoms. The molecule has 0 heterocycles. The van der Waals surface area contributed by atoms with E-state index >= 15 is 0 Å². The summed E-state index contributed by atoms with van der Waals surface area (Å²) in [5, 5.41) is 9.77. The van der Waals surface area contributed by atoms with Crippen LogP contribution >= 0.6 is 0 Å². The molecule has 2 unspecified atom stereocenters. The molecule has 0 aliphatic heterocycles. The van der Waals surface area contributed by atoms with Crippen molar-refractivity contribution in [1.82, 2.24) is 0 Å². The van der Waals surface area contributed by atoms with Gasteiger partial charge in [0.15, 0.2) is 6.10 Å². The number of likely N-dealkylation sites (N-methyl/N-ethyl adjacent to an activating group) is 1. The lowest BCUT2D eigenvalue weighted by Crippen LogP contribution is -2.40. The van der Waals surface area contributed by atoms with Crippen molar-refractivity contribution in [3.05, 3.63) is 85.1 Å². The third kappa shape index (κ3) is 73.7. The Labute approximate surface area is 563 Å². The fraction of sp³-hybridized carbons (Fsp3) is 0.793. The molecule has 0 aromatic rings. The SMILES string of the molecule is CC/C=C\C/C=C\C/C=C\C/C=C\C/C=C\CCCCCCCCCCCCCCCCCCCCCCCC(=O)OC(COC(=O)CCCCCCCCCCCCCCCCCCC/C=C\C/C=C\CCCCCCC)COC(OCC[N+](C)(C)C)C(=O)O. The number of quaternary nitrogens is 1. The van der Waals surface area contributed by atoms with Gasteiger partial charge in [0.25, 0.3) is 6.29 Å². The molecule has 0 amide bonds. The fourth-order valence-corrected chi connectivity index (χ4v) is 11.3. The van der Waals surface area contributed by atoms with Gasteiger partial charge in [0.2, 0.25) is 0 Å². The summed E-state index contributed by atoms with van der Waals surface area (Å²) >= 11 is 0. The first-order valence-corrected chi connectivity index (χ1v) is 38.8. The Hall–Kier alpha value is -3.53. The molecule has 0 aliphatic carbocycles. The molecule has 91 heavy (non-hydrogen) atoms. The number of carbonyl (C=O) groups excluding carboxylic acids is 2. The number of unbranched alkanes of at least 4 members (excludes halogenated alkanes) is 43. The molecule has 9 heteroatoms. The van der Waals surface area contributed by atoms with Crippen molar-refractivity contribution >= 4 is 17.9 Å². The van der Waals surface area contributed by atoms with Crippen LogP contribution in [0.4, 0.5) is 0 Å². The molecule has 0 saturated carbocycles. The summed E-state index contributed by atoms with van der Waals surface area (Å²) in [6, 6.07) is 0. The summed E-state index contributed by atoms with van der Waals surface area (Å²) in [6.07, 6.45) is 95.8. The summed E-state index contributed by atoms with van der Waals surface area (Å²) in [4.78, 5) is 37.7. The fourth-order valence-electron chi connectivity index (χ4n) is 11.3. The minimum Gasteiger partial charge on any atom is -0.477 e. The van der Waals surface area contributed by atoms with Gasteiger partial charge in [0.1, 0.15) is 13.2 Å². The highest BCUT2D eigenvalue weighted by Gasteiger charge is 2.25. The monoisotopic (exact) mass is 1280 g/mol. The summed E-state index contributed by atoms with van der Waals surface area (Å²) in [5.74, 6) is -1.98. The Morgan fingerprint density at radius 3 is 0.934 bits per heavy atom. The van der Waals surface area contributed by atoms with Crippen LogP contribution in [0.15, 0.2) is 85.1 Å². The third-order valence-corrected chi connectivity index (χ3v) is 17.1. The van der Waals surface area contributed by atoms with Crippen molar-refractivity contribution in [1.29, 1.82) is 0 Å². The van der Waals surface area contributed by atoms with E-state index in [1.807, 2.05) is 21.1 Å². The molecule has 0 saturated heterocycles. The Balaban J connectivity index is 4.01. The van der Waals surface area contributed by atoms with Crippen molar-refractivity contribution in [3.63, 3.8) is 0 Å². The molecule has 0 fully saturated rings. The van der Waals surface area contributed by atoms with Gasteiger partial charge in [-0.25, -0.2) is 4.79 Å². The number of nitrogens with zero attached hydrogens (tertiary/aromatic N) is 1. The number of hydrogen-bond acceptors (Lipinski definition) is 7.